The second-order valence-electron chi connectivity index (χ2n) is 9.48. The molecule has 3 aromatic rings. The summed E-state index contributed by atoms with van der Waals surface area (Å²) in [4.78, 5) is 15.7. The Morgan fingerprint density at radius 2 is 2.03 bits per heavy atom. The normalized spacial score (nSPS) is 17.7. The van der Waals surface area contributed by atoms with Gasteiger partial charge in [0.1, 0.15) is 30.0 Å². The average Bonchev–Trinajstić information content (AvgIpc) is 3.01. The molecule has 1 aromatic carbocycles. The van der Waals surface area contributed by atoms with Gasteiger partial charge in [0.25, 0.3) is 0 Å². The molecule has 0 aliphatic carbocycles. The lowest BCUT2D eigenvalue weighted by Crippen LogP contribution is -2.32. The smallest absolute Gasteiger partial charge is 0.229 e. The fourth-order valence-electron chi connectivity index (χ4n) is 4.74. The van der Waals surface area contributed by atoms with E-state index in [0.717, 1.165) is 31.8 Å². The standard InChI is InChI=1S/C25H28N7O2P/c1-32-13-17-10-20(9-16-7-8-34-15-19(14-32)23(16)17)28-25-27-12-18(11-26)24(31-25)30-21-5-4-6-22(29-21)35(2,3)33/h4-6,9-10,12,19H,7-8,13-15H2,1-3H3,(H2,27,28,29,30,31). The van der Waals surface area contributed by atoms with Crippen LogP contribution in [0, 0.1) is 11.3 Å². The Hall–Kier alpha value is -3.31. The lowest BCUT2D eigenvalue weighted by Gasteiger charge is -2.33. The molecule has 0 radical (unpaired) electrons. The Bertz CT molecular complexity index is 1360. The molecule has 0 spiro atoms. The van der Waals surface area contributed by atoms with Gasteiger partial charge in [0.15, 0.2) is 5.82 Å². The van der Waals surface area contributed by atoms with E-state index in [0.29, 0.717) is 35.5 Å². The second-order valence-corrected chi connectivity index (χ2v) is 12.6. The van der Waals surface area contributed by atoms with E-state index in [9.17, 15) is 9.83 Å². The molecule has 0 fully saturated rings. The lowest BCUT2D eigenvalue weighted by molar-refractivity contribution is 0.114. The quantitative estimate of drug-likeness (QED) is 0.519. The number of anilines is 4. The molecular formula is C25H28N7O2P. The fraction of sp³-hybridized carbons (Fsp3) is 0.360. The molecule has 0 bridgehead atoms. The number of nitrogens with one attached hydrogen (secondary N) is 2. The van der Waals surface area contributed by atoms with Crippen LogP contribution in [0.25, 0.3) is 0 Å². The third kappa shape index (κ3) is 5.06. The number of rotatable bonds is 5. The molecule has 9 nitrogen and oxygen atoms in total. The van der Waals surface area contributed by atoms with E-state index in [2.05, 4.69) is 55.7 Å². The molecule has 0 saturated carbocycles. The highest BCUT2D eigenvalue weighted by Gasteiger charge is 2.28. The van der Waals surface area contributed by atoms with Gasteiger partial charge in [-0.25, -0.2) is 9.97 Å². The maximum absolute atomic E-state index is 12.4. The minimum Gasteiger partial charge on any atom is -0.380 e. The van der Waals surface area contributed by atoms with Crippen molar-refractivity contribution in [3.05, 3.63) is 58.8 Å². The van der Waals surface area contributed by atoms with Crippen molar-refractivity contribution < 1.29 is 9.30 Å². The maximum atomic E-state index is 12.4. The summed E-state index contributed by atoms with van der Waals surface area (Å²) in [6, 6.07) is 11.7. The van der Waals surface area contributed by atoms with Gasteiger partial charge in [-0.3, -0.25) is 0 Å². The Balaban J connectivity index is 1.45. The Morgan fingerprint density at radius 3 is 2.83 bits per heavy atom. The minimum absolute atomic E-state index is 0.289. The largest absolute Gasteiger partial charge is 0.380 e. The predicted molar refractivity (Wildman–Crippen MR) is 137 cm³/mol. The average molecular weight is 490 g/mol. The Kier molecular flexibility index (Phi) is 6.28. The van der Waals surface area contributed by atoms with Crippen molar-refractivity contribution in [3.8, 4) is 6.07 Å². The Morgan fingerprint density at radius 1 is 1.20 bits per heavy atom. The molecule has 2 aliphatic heterocycles. The summed E-state index contributed by atoms with van der Waals surface area (Å²) in [6.07, 6.45) is 2.36. The summed E-state index contributed by atoms with van der Waals surface area (Å²) >= 11 is 0. The molecule has 1 atom stereocenters. The van der Waals surface area contributed by atoms with E-state index < -0.39 is 7.14 Å². The zero-order valence-electron chi connectivity index (χ0n) is 20.1. The Labute approximate surface area is 204 Å². The summed E-state index contributed by atoms with van der Waals surface area (Å²) < 4.78 is 18.3. The first-order valence-corrected chi connectivity index (χ1v) is 14.2. The molecule has 0 saturated heterocycles. The van der Waals surface area contributed by atoms with E-state index in [-0.39, 0.29) is 5.56 Å². The van der Waals surface area contributed by atoms with Gasteiger partial charge in [-0.2, -0.15) is 10.2 Å². The van der Waals surface area contributed by atoms with Gasteiger partial charge in [-0.1, -0.05) is 6.07 Å². The number of nitrogens with zero attached hydrogens (tertiary/aromatic N) is 5. The van der Waals surface area contributed by atoms with Crippen molar-refractivity contribution in [1.82, 2.24) is 19.9 Å². The number of hydrogen-bond acceptors (Lipinski definition) is 9. The second kappa shape index (κ2) is 9.38. The van der Waals surface area contributed by atoms with Crippen LogP contribution in [-0.4, -0.2) is 60.0 Å². The molecule has 2 aromatic heterocycles. The van der Waals surface area contributed by atoms with E-state index in [1.807, 2.05) is 0 Å². The van der Waals surface area contributed by atoms with E-state index in [4.69, 9.17) is 4.74 Å². The number of benzene rings is 1. The first-order chi connectivity index (χ1) is 16.8. The van der Waals surface area contributed by atoms with Gasteiger partial charge in [0, 0.05) is 24.7 Å². The lowest BCUT2D eigenvalue weighted by atomic mass is 9.85. The van der Waals surface area contributed by atoms with Gasteiger partial charge < -0.3 is 24.8 Å². The third-order valence-electron chi connectivity index (χ3n) is 6.26. The maximum Gasteiger partial charge on any atom is 0.229 e. The number of hydrogen-bond donors (Lipinski definition) is 2. The molecule has 5 rings (SSSR count). The minimum atomic E-state index is -2.52. The molecule has 2 N–H and O–H groups in total. The molecule has 4 heterocycles. The summed E-state index contributed by atoms with van der Waals surface area (Å²) in [5, 5.41) is 16.0. The first kappa shape index (κ1) is 23.4. The monoisotopic (exact) mass is 489 g/mol. The number of pyridine rings is 1. The highest BCUT2D eigenvalue weighted by atomic mass is 31.2. The van der Waals surface area contributed by atoms with Crippen LogP contribution in [0.2, 0.25) is 0 Å². The van der Waals surface area contributed by atoms with E-state index >= 15 is 0 Å². The molecule has 10 heteroatoms. The number of ether oxygens (including phenoxy) is 1. The summed E-state index contributed by atoms with van der Waals surface area (Å²) in [5.74, 6) is 1.57. The first-order valence-electron chi connectivity index (χ1n) is 11.6. The van der Waals surface area contributed by atoms with Gasteiger partial charge in [0.2, 0.25) is 5.95 Å². The highest BCUT2D eigenvalue weighted by Crippen LogP contribution is 2.36. The van der Waals surface area contributed by atoms with Crippen LogP contribution in [-0.2, 0) is 22.3 Å². The SMILES string of the molecule is CN1Cc2cc(Nc3ncc(C#N)c(Nc4cccc(P(C)(C)=O)n4)n3)cc3c2C(COCC3)C1. The summed E-state index contributed by atoms with van der Waals surface area (Å²) in [5.41, 5.74) is 5.73. The number of nitriles is 1. The zero-order valence-corrected chi connectivity index (χ0v) is 21.0. The fourth-order valence-corrected chi connectivity index (χ4v) is 5.54. The van der Waals surface area contributed by atoms with Crippen LogP contribution in [0.1, 0.15) is 28.2 Å². The molecule has 0 amide bonds. The van der Waals surface area contributed by atoms with Crippen molar-refractivity contribution in [2.24, 2.45) is 0 Å². The van der Waals surface area contributed by atoms with Crippen LogP contribution >= 0.6 is 7.14 Å². The molecule has 35 heavy (non-hydrogen) atoms. The van der Waals surface area contributed by atoms with Crippen molar-refractivity contribution in [2.45, 2.75) is 18.9 Å². The topological polar surface area (TPSA) is 116 Å². The van der Waals surface area contributed by atoms with E-state index in [1.165, 1.54) is 22.9 Å². The van der Waals surface area contributed by atoms with Crippen molar-refractivity contribution >= 4 is 35.8 Å². The third-order valence-corrected chi connectivity index (χ3v) is 7.62. The van der Waals surface area contributed by atoms with Crippen LogP contribution in [0.15, 0.2) is 36.5 Å². The van der Waals surface area contributed by atoms with Gasteiger partial charge in [0.05, 0.1) is 19.4 Å². The molecule has 2 aliphatic rings. The molecule has 180 valence electrons. The summed E-state index contributed by atoms with van der Waals surface area (Å²) in [6.45, 7) is 6.70. The van der Waals surface area contributed by atoms with Crippen molar-refractivity contribution in [2.75, 3.05) is 50.8 Å². The van der Waals surface area contributed by atoms with Crippen LogP contribution < -0.4 is 16.1 Å². The van der Waals surface area contributed by atoms with Crippen LogP contribution in [0.5, 0.6) is 0 Å². The molecular weight excluding hydrogens is 461 g/mol. The van der Waals surface area contributed by atoms with Crippen molar-refractivity contribution in [1.29, 1.82) is 5.26 Å². The van der Waals surface area contributed by atoms with E-state index in [1.54, 1.807) is 31.5 Å². The number of likely N-dealkylation sites (N-methyl/N-ethyl adjacent to an activating group) is 1. The number of aromatic nitrogens is 3. The predicted octanol–water partition coefficient (Wildman–Crippen LogP) is 3.58. The zero-order chi connectivity index (χ0) is 24.6. The van der Waals surface area contributed by atoms with Gasteiger partial charge in [-0.15, -0.1) is 0 Å². The van der Waals surface area contributed by atoms with Gasteiger partial charge in [-0.05, 0) is 67.8 Å². The highest BCUT2D eigenvalue weighted by molar-refractivity contribution is 7.69. The van der Waals surface area contributed by atoms with Crippen LogP contribution in [0.3, 0.4) is 0 Å². The molecule has 1 unspecified atom stereocenters. The van der Waals surface area contributed by atoms with Crippen LogP contribution in [0.4, 0.5) is 23.3 Å². The summed E-state index contributed by atoms with van der Waals surface area (Å²) in [7, 11) is -0.389. The van der Waals surface area contributed by atoms with Crippen molar-refractivity contribution in [3.63, 3.8) is 0 Å². The van der Waals surface area contributed by atoms with Gasteiger partial charge >= 0.3 is 0 Å².